The van der Waals surface area contributed by atoms with E-state index < -0.39 is 23.3 Å². The lowest BCUT2D eigenvalue weighted by atomic mass is 9.95. The fraction of sp³-hybridized carbons (Fsp3) is 0.438. The van der Waals surface area contributed by atoms with Gasteiger partial charge in [0.2, 0.25) is 5.69 Å². The van der Waals surface area contributed by atoms with Crippen LogP contribution >= 0.6 is 22.9 Å². The summed E-state index contributed by atoms with van der Waals surface area (Å²) in [6.07, 6.45) is 3.56. The summed E-state index contributed by atoms with van der Waals surface area (Å²) in [4.78, 5) is 16.8. The minimum absolute atomic E-state index is 0.0270. The average molecular weight is 652 g/mol. The first-order valence-corrected chi connectivity index (χ1v) is 16.2. The van der Waals surface area contributed by atoms with Gasteiger partial charge in [0.25, 0.3) is 0 Å². The molecular weight excluding hydrogens is 623 g/mol. The number of nitrogens with zero attached hydrogens (tertiary/aromatic N) is 6. The quantitative estimate of drug-likeness (QED) is 0.221. The van der Waals surface area contributed by atoms with Crippen LogP contribution < -0.4 is 15.4 Å². The summed E-state index contributed by atoms with van der Waals surface area (Å²) in [7, 11) is 0. The predicted molar refractivity (Wildman–Crippen MR) is 170 cm³/mol. The molecule has 3 aliphatic rings. The molecule has 3 atom stereocenters. The number of nitriles is 1. The second-order valence-electron chi connectivity index (χ2n) is 12.1. The fourth-order valence-corrected chi connectivity index (χ4v) is 8.53. The Morgan fingerprint density at radius 2 is 2.07 bits per heavy atom. The minimum atomic E-state index is -0.942. The van der Waals surface area contributed by atoms with Crippen LogP contribution in [0, 0.1) is 35.5 Å². The Hall–Kier alpha value is -3.84. The second-order valence-corrected chi connectivity index (χ2v) is 13.6. The van der Waals surface area contributed by atoms with Crippen molar-refractivity contribution in [3.05, 3.63) is 46.3 Å². The third-order valence-electron chi connectivity index (χ3n) is 9.40. The van der Waals surface area contributed by atoms with E-state index in [1.165, 1.54) is 12.1 Å². The number of thiophene rings is 1. The first-order chi connectivity index (χ1) is 21.7. The standard InChI is InChI=1S/C32H29ClF3N7OS/c1-39-27-24-19(6-7-22(35)28(24)45-29(27)38)23-21(33)11-20-26(25(23)36)40-31(41-30(20)42-9-3-2-5-17(13-37)14-42)44-16-32-8-4-10-43(32)15-18(34)12-32/h6-7,11,17-18H,2-5,8-10,12,14-16,38H2/t17?,18-,32+/m1/s1. The van der Waals surface area contributed by atoms with Gasteiger partial charge in [-0.3, -0.25) is 4.90 Å². The number of hydrogen-bond donors (Lipinski definition) is 1. The molecule has 0 spiro atoms. The predicted octanol–water partition coefficient (Wildman–Crippen LogP) is 7.66. The highest BCUT2D eigenvalue weighted by Gasteiger charge is 2.49. The number of anilines is 2. The van der Waals surface area contributed by atoms with Crippen LogP contribution in [0.2, 0.25) is 5.02 Å². The Morgan fingerprint density at radius 1 is 1.22 bits per heavy atom. The molecule has 0 radical (unpaired) electrons. The number of rotatable bonds is 5. The topological polar surface area (TPSA) is 95.7 Å². The van der Waals surface area contributed by atoms with Gasteiger partial charge in [0, 0.05) is 42.4 Å². The maximum Gasteiger partial charge on any atom is 0.319 e. The van der Waals surface area contributed by atoms with Crippen molar-refractivity contribution >= 4 is 60.4 Å². The van der Waals surface area contributed by atoms with E-state index in [0.717, 1.165) is 50.0 Å². The molecule has 2 N–H and O–H groups in total. The fourth-order valence-electron chi connectivity index (χ4n) is 7.29. The number of ether oxygens (including phenoxy) is 1. The third kappa shape index (κ3) is 5.00. The lowest BCUT2D eigenvalue weighted by Crippen LogP contribution is -2.43. The summed E-state index contributed by atoms with van der Waals surface area (Å²) in [5, 5.41) is 10.4. The van der Waals surface area contributed by atoms with Crippen molar-refractivity contribution in [2.24, 2.45) is 5.92 Å². The summed E-state index contributed by atoms with van der Waals surface area (Å²) in [6.45, 7) is 9.95. The number of nitrogen functional groups attached to an aromatic ring is 1. The van der Waals surface area contributed by atoms with Crippen LogP contribution in [-0.2, 0) is 0 Å². The molecule has 0 amide bonds. The molecule has 8 nitrogen and oxygen atoms in total. The molecule has 13 heteroatoms. The second kappa shape index (κ2) is 11.5. The van der Waals surface area contributed by atoms with E-state index in [0.29, 0.717) is 37.3 Å². The summed E-state index contributed by atoms with van der Waals surface area (Å²) in [6, 6.07) is 6.47. The van der Waals surface area contributed by atoms with Gasteiger partial charge >= 0.3 is 6.01 Å². The number of alkyl halides is 1. The summed E-state index contributed by atoms with van der Waals surface area (Å²) >= 11 is 7.73. The van der Waals surface area contributed by atoms with Gasteiger partial charge in [-0.05, 0) is 49.9 Å². The largest absolute Gasteiger partial charge is 0.461 e. The molecule has 1 unspecified atom stereocenters. The molecule has 0 aliphatic carbocycles. The van der Waals surface area contributed by atoms with E-state index in [1.807, 2.05) is 4.90 Å². The van der Waals surface area contributed by atoms with Gasteiger partial charge in [-0.1, -0.05) is 24.1 Å². The van der Waals surface area contributed by atoms with E-state index in [4.69, 9.17) is 33.6 Å². The molecule has 0 bridgehead atoms. The number of halogens is 4. The zero-order valence-corrected chi connectivity index (χ0v) is 25.8. The zero-order chi connectivity index (χ0) is 31.5. The Bertz CT molecular complexity index is 1920. The van der Waals surface area contributed by atoms with Gasteiger partial charge in [-0.15, -0.1) is 11.3 Å². The van der Waals surface area contributed by atoms with Gasteiger partial charge in [-0.2, -0.15) is 15.2 Å². The minimum Gasteiger partial charge on any atom is -0.461 e. The van der Waals surface area contributed by atoms with Crippen molar-refractivity contribution < 1.29 is 17.9 Å². The Labute approximate surface area is 267 Å². The van der Waals surface area contributed by atoms with E-state index in [9.17, 15) is 14.0 Å². The maximum absolute atomic E-state index is 16.9. The molecule has 5 heterocycles. The van der Waals surface area contributed by atoms with Crippen molar-refractivity contribution in [3.63, 3.8) is 0 Å². The van der Waals surface area contributed by atoms with Crippen molar-refractivity contribution in [3.8, 4) is 23.2 Å². The summed E-state index contributed by atoms with van der Waals surface area (Å²) in [5.74, 6) is -1.20. The number of aromatic nitrogens is 2. The number of nitrogens with two attached hydrogens (primary N) is 1. The molecule has 7 rings (SSSR count). The molecule has 232 valence electrons. The van der Waals surface area contributed by atoms with E-state index in [2.05, 4.69) is 20.8 Å². The first kappa shape index (κ1) is 29.8. The van der Waals surface area contributed by atoms with Gasteiger partial charge in [0.15, 0.2) is 5.82 Å². The molecule has 3 aliphatic heterocycles. The van der Waals surface area contributed by atoms with Crippen LogP contribution in [0.3, 0.4) is 0 Å². The summed E-state index contributed by atoms with van der Waals surface area (Å²) < 4.78 is 52.5. The smallest absolute Gasteiger partial charge is 0.319 e. The van der Waals surface area contributed by atoms with Crippen LogP contribution in [-0.4, -0.2) is 59.4 Å². The van der Waals surface area contributed by atoms with Gasteiger partial charge < -0.3 is 15.4 Å². The molecule has 2 aromatic carbocycles. The Kier molecular flexibility index (Phi) is 7.63. The van der Waals surface area contributed by atoms with Crippen LogP contribution in [0.25, 0.3) is 37.0 Å². The normalized spacial score (nSPS) is 23.6. The highest BCUT2D eigenvalue weighted by molar-refractivity contribution is 7.23. The van der Waals surface area contributed by atoms with Crippen LogP contribution in [0.15, 0.2) is 18.2 Å². The number of fused-ring (bicyclic) bond motifs is 3. The number of hydrogen-bond acceptors (Lipinski definition) is 8. The van der Waals surface area contributed by atoms with Gasteiger partial charge in [0.1, 0.15) is 29.9 Å². The van der Waals surface area contributed by atoms with E-state index in [1.54, 1.807) is 6.07 Å². The average Bonchev–Trinajstić information content (AvgIpc) is 3.59. The zero-order valence-electron chi connectivity index (χ0n) is 24.3. The van der Waals surface area contributed by atoms with Crippen molar-refractivity contribution in [1.82, 2.24) is 14.9 Å². The van der Waals surface area contributed by atoms with Crippen molar-refractivity contribution in [2.75, 3.05) is 43.4 Å². The highest BCUT2D eigenvalue weighted by Crippen LogP contribution is 2.49. The molecule has 2 aromatic heterocycles. The molecule has 3 fully saturated rings. The van der Waals surface area contributed by atoms with Crippen LogP contribution in [0.1, 0.15) is 38.5 Å². The molecule has 0 saturated carbocycles. The van der Waals surface area contributed by atoms with Crippen LogP contribution in [0.5, 0.6) is 6.01 Å². The summed E-state index contributed by atoms with van der Waals surface area (Å²) in [5.41, 5.74) is 5.73. The number of benzene rings is 2. The Morgan fingerprint density at radius 3 is 2.87 bits per heavy atom. The SMILES string of the molecule is [C-]#[N+]c1c(N)sc2c(F)ccc(-c3c(Cl)cc4c(N5CCCCC(C#N)C5)nc(OC[C@@]56CCCN5C[C@H](F)C6)nc4c3F)c12. The van der Waals surface area contributed by atoms with Crippen molar-refractivity contribution in [2.45, 2.75) is 50.2 Å². The molecule has 3 saturated heterocycles. The lowest BCUT2D eigenvalue weighted by molar-refractivity contribution is 0.107. The monoisotopic (exact) mass is 651 g/mol. The van der Waals surface area contributed by atoms with E-state index in [-0.39, 0.29) is 61.0 Å². The lowest BCUT2D eigenvalue weighted by Gasteiger charge is -2.31. The first-order valence-electron chi connectivity index (χ1n) is 15.0. The molecular formula is C32H29ClF3N7OS. The Balaban J connectivity index is 1.40. The van der Waals surface area contributed by atoms with Crippen LogP contribution in [0.4, 0.5) is 29.7 Å². The van der Waals surface area contributed by atoms with E-state index >= 15 is 4.39 Å². The third-order valence-corrected chi connectivity index (χ3v) is 10.7. The molecule has 4 aromatic rings. The van der Waals surface area contributed by atoms with Crippen molar-refractivity contribution in [1.29, 1.82) is 5.26 Å². The van der Waals surface area contributed by atoms with Gasteiger partial charge in [-0.25, -0.2) is 18.0 Å². The maximum atomic E-state index is 16.9. The molecule has 45 heavy (non-hydrogen) atoms. The van der Waals surface area contributed by atoms with Gasteiger partial charge in [0.05, 0.1) is 38.8 Å². The highest BCUT2D eigenvalue weighted by atomic mass is 35.5.